The number of hydrogen-bond acceptors (Lipinski definition) is 7. The standard InChI is InChI=1S/C22H25ClN2O7/c1-31-5-2-6-32-13-3-4-14-15(7-13)20-17(23)9-22(11-26,12-27)25(20)24-10-16(21(29)30)19(28)8-18(14)24/h3-4,7-8,10,17,20,26-27H,2,5-6,9,11-12H2,1H3,(H,29,30). The Morgan fingerprint density at radius 3 is 2.66 bits per heavy atom. The van der Waals surface area contributed by atoms with Crippen molar-refractivity contribution >= 4 is 17.6 Å². The van der Waals surface area contributed by atoms with Gasteiger partial charge in [0.25, 0.3) is 0 Å². The van der Waals surface area contributed by atoms with Crippen LogP contribution in [-0.4, -0.2) is 70.4 Å². The second-order valence-corrected chi connectivity index (χ2v) is 8.64. The molecule has 1 aromatic heterocycles. The zero-order valence-electron chi connectivity index (χ0n) is 17.5. The number of fused-ring (bicyclic) bond motifs is 6. The number of alkyl halides is 1. The second-order valence-electron chi connectivity index (χ2n) is 8.08. The van der Waals surface area contributed by atoms with Gasteiger partial charge in [-0.3, -0.25) is 14.5 Å². The first-order valence-corrected chi connectivity index (χ1v) is 10.7. The van der Waals surface area contributed by atoms with Crippen LogP contribution in [0.25, 0.3) is 11.3 Å². The first-order valence-electron chi connectivity index (χ1n) is 10.3. The lowest BCUT2D eigenvalue weighted by Gasteiger charge is -2.46. The number of halogens is 1. The van der Waals surface area contributed by atoms with Crippen LogP contribution in [0.1, 0.15) is 34.8 Å². The fourth-order valence-electron chi connectivity index (χ4n) is 4.59. The molecule has 2 atom stereocenters. The van der Waals surface area contributed by atoms with E-state index in [2.05, 4.69) is 0 Å². The predicted octanol–water partition coefficient (Wildman–Crippen LogP) is 1.36. The van der Waals surface area contributed by atoms with E-state index in [0.717, 1.165) is 12.0 Å². The van der Waals surface area contributed by atoms with E-state index >= 15 is 0 Å². The van der Waals surface area contributed by atoms with Crippen LogP contribution in [-0.2, 0) is 4.74 Å². The Kier molecular flexibility index (Phi) is 6.17. The van der Waals surface area contributed by atoms with Crippen molar-refractivity contribution in [3.8, 4) is 17.0 Å². The van der Waals surface area contributed by atoms with Gasteiger partial charge in [0.05, 0.1) is 36.9 Å². The summed E-state index contributed by atoms with van der Waals surface area (Å²) in [5.74, 6) is -0.736. The number of aliphatic hydroxyl groups is 2. The summed E-state index contributed by atoms with van der Waals surface area (Å²) in [6, 6.07) is 6.22. The smallest absolute Gasteiger partial charge is 0.341 e. The van der Waals surface area contributed by atoms with Gasteiger partial charge in [-0.15, -0.1) is 11.6 Å². The van der Waals surface area contributed by atoms with Crippen molar-refractivity contribution < 1.29 is 29.6 Å². The SMILES string of the molecule is COCCCOc1ccc2c(c1)C1C(Cl)CC(CO)(CO)N1n1cc(C(=O)O)c(=O)cc1-2. The number of benzene rings is 1. The Morgan fingerprint density at radius 1 is 1.25 bits per heavy atom. The van der Waals surface area contributed by atoms with Crippen LogP contribution >= 0.6 is 11.6 Å². The molecular formula is C22H25ClN2O7. The van der Waals surface area contributed by atoms with E-state index in [1.807, 2.05) is 12.1 Å². The number of aliphatic hydroxyl groups excluding tert-OH is 2. The molecule has 9 nitrogen and oxygen atoms in total. The molecule has 0 spiro atoms. The van der Waals surface area contributed by atoms with Crippen LogP contribution in [0.2, 0.25) is 0 Å². The molecule has 1 saturated heterocycles. The van der Waals surface area contributed by atoms with Crippen molar-refractivity contribution in [2.75, 3.05) is 38.5 Å². The lowest BCUT2D eigenvalue weighted by Crippen LogP contribution is -2.58. The maximum atomic E-state index is 12.5. The number of hydrogen-bond donors (Lipinski definition) is 3. The van der Waals surface area contributed by atoms with Gasteiger partial charge < -0.3 is 24.8 Å². The number of aromatic carboxylic acids is 1. The van der Waals surface area contributed by atoms with E-state index in [1.165, 1.54) is 16.9 Å². The molecule has 2 aliphatic heterocycles. The molecular weight excluding hydrogens is 440 g/mol. The zero-order valence-corrected chi connectivity index (χ0v) is 18.3. The molecule has 3 N–H and O–H groups in total. The second kappa shape index (κ2) is 8.74. The van der Waals surface area contributed by atoms with Gasteiger partial charge in [0.2, 0.25) is 0 Å². The number of carboxylic acid groups (broad SMARTS) is 1. The molecule has 2 aromatic rings. The molecule has 0 aliphatic carbocycles. The molecule has 1 fully saturated rings. The van der Waals surface area contributed by atoms with Crippen molar-refractivity contribution in [2.24, 2.45) is 0 Å². The Balaban J connectivity index is 1.89. The third kappa shape index (κ3) is 3.55. The van der Waals surface area contributed by atoms with Crippen LogP contribution in [0, 0.1) is 0 Å². The lowest BCUT2D eigenvalue weighted by atomic mass is 9.93. The number of rotatable bonds is 8. The molecule has 0 bridgehead atoms. The van der Waals surface area contributed by atoms with Crippen LogP contribution in [0.3, 0.4) is 0 Å². The number of aromatic nitrogens is 1. The number of carboxylic acids is 1. The van der Waals surface area contributed by atoms with E-state index < -0.39 is 47.1 Å². The molecule has 0 amide bonds. The maximum Gasteiger partial charge on any atom is 0.341 e. The third-order valence-corrected chi connectivity index (χ3v) is 6.52. The van der Waals surface area contributed by atoms with Gasteiger partial charge in [-0.05, 0) is 30.2 Å². The zero-order chi connectivity index (χ0) is 23.0. The van der Waals surface area contributed by atoms with Gasteiger partial charge in [0.15, 0.2) is 5.43 Å². The molecule has 3 heterocycles. The Hall–Kier alpha value is -2.59. The van der Waals surface area contributed by atoms with Crippen LogP contribution in [0.15, 0.2) is 35.3 Å². The highest BCUT2D eigenvalue weighted by Gasteiger charge is 2.54. The Bertz CT molecular complexity index is 1080. The Morgan fingerprint density at radius 2 is 2.00 bits per heavy atom. The summed E-state index contributed by atoms with van der Waals surface area (Å²) in [5.41, 5.74) is -0.231. The normalized spacial score (nSPS) is 20.4. The van der Waals surface area contributed by atoms with Gasteiger partial charge in [-0.1, -0.05) is 0 Å². The van der Waals surface area contributed by atoms with Gasteiger partial charge in [0, 0.05) is 38.0 Å². The molecule has 2 unspecified atom stereocenters. The van der Waals surface area contributed by atoms with E-state index in [9.17, 15) is 24.9 Å². The van der Waals surface area contributed by atoms with Crippen LogP contribution < -0.4 is 15.2 Å². The Labute approximate surface area is 189 Å². The third-order valence-electron chi connectivity index (χ3n) is 6.13. The molecule has 32 heavy (non-hydrogen) atoms. The van der Waals surface area contributed by atoms with Crippen molar-refractivity contribution in [2.45, 2.75) is 29.8 Å². The highest BCUT2D eigenvalue weighted by Crippen LogP contribution is 2.50. The fourth-order valence-corrected chi connectivity index (χ4v) is 5.12. The van der Waals surface area contributed by atoms with Gasteiger partial charge in [-0.25, -0.2) is 4.79 Å². The number of carbonyl (C=O) groups is 1. The van der Waals surface area contributed by atoms with E-state index in [0.29, 0.717) is 30.2 Å². The monoisotopic (exact) mass is 464 g/mol. The van der Waals surface area contributed by atoms with Crippen LogP contribution in [0.5, 0.6) is 5.75 Å². The average molecular weight is 465 g/mol. The topological polar surface area (TPSA) is 121 Å². The molecule has 2 aliphatic rings. The molecule has 4 rings (SSSR count). The number of methoxy groups -OCH3 is 1. The first-order chi connectivity index (χ1) is 15.4. The highest BCUT2D eigenvalue weighted by molar-refractivity contribution is 6.21. The number of nitrogens with zero attached hydrogens (tertiary/aromatic N) is 2. The van der Waals surface area contributed by atoms with Crippen molar-refractivity contribution in [3.63, 3.8) is 0 Å². The highest BCUT2D eigenvalue weighted by atomic mass is 35.5. The average Bonchev–Trinajstić information content (AvgIpc) is 3.09. The van der Waals surface area contributed by atoms with Gasteiger partial charge >= 0.3 is 5.97 Å². The fraction of sp³-hybridized carbons (Fsp3) is 0.455. The maximum absolute atomic E-state index is 12.5. The van der Waals surface area contributed by atoms with Gasteiger partial charge in [-0.2, -0.15) is 0 Å². The van der Waals surface area contributed by atoms with Crippen LogP contribution in [0.4, 0.5) is 0 Å². The molecule has 172 valence electrons. The van der Waals surface area contributed by atoms with E-state index in [-0.39, 0.29) is 6.42 Å². The number of pyridine rings is 1. The molecule has 10 heteroatoms. The van der Waals surface area contributed by atoms with Crippen molar-refractivity contribution in [1.29, 1.82) is 0 Å². The minimum atomic E-state index is -1.35. The first kappa shape index (κ1) is 22.6. The molecule has 0 saturated carbocycles. The summed E-state index contributed by atoms with van der Waals surface area (Å²) in [6.07, 6.45) is 2.22. The summed E-state index contributed by atoms with van der Waals surface area (Å²) < 4.78 is 12.4. The lowest BCUT2D eigenvalue weighted by molar-refractivity contribution is 0.0693. The molecule has 1 aromatic carbocycles. The summed E-state index contributed by atoms with van der Waals surface area (Å²) >= 11 is 6.74. The quantitative estimate of drug-likeness (QED) is 0.395. The van der Waals surface area contributed by atoms with Crippen molar-refractivity contribution in [1.82, 2.24) is 4.68 Å². The summed E-state index contributed by atoms with van der Waals surface area (Å²) in [5, 5.41) is 31.1. The summed E-state index contributed by atoms with van der Waals surface area (Å²) in [4.78, 5) is 24.1. The number of ether oxygens (including phenoxy) is 2. The van der Waals surface area contributed by atoms with Gasteiger partial charge in [0.1, 0.15) is 16.9 Å². The molecule has 0 radical (unpaired) electrons. The summed E-state index contributed by atoms with van der Waals surface area (Å²) in [6.45, 7) is 0.225. The van der Waals surface area contributed by atoms with E-state index in [4.69, 9.17) is 21.1 Å². The summed E-state index contributed by atoms with van der Waals surface area (Å²) in [7, 11) is 1.62. The van der Waals surface area contributed by atoms with Crippen molar-refractivity contribution in [3.05, 3.63) is 51.8 Å². The minimum absolute atomic E-state index is 0.262. The largest absolute Gasteiger partial charge is 0.493 e. The van der Waals surface area contributed by atoms with E-state index in [1.54, 1.807) is 18.2 Å². The minimum Gasteiger partial charge on any atom is -0.493 e. The predicted molar refractivity (Wildman–Crippen MR) is 117 cm³/mol.